The Kier molecular flexibility index (Phi) is 4.02. The fraction of sp³-hybridized carbons (Fsp3) is 0.389. The zero-order valence-electron chi connectivity index (χ0n) is 14.2. The molecule has 2 aliphatic heterocycles. The number of amides is 1. The fourth-order valence-corrected chi connectivity index (χ4v) is 3.48. The molecular weight excluding hydrogens is 340 g/mol. The predicted molar refractivity (Wildman–Crippen MR) is 89.2 cm³/mol. The summed E-state index contributed by atoms with van der Waals surface area (Å²) < 4.78 is 16.5. The van der Waals surface area contributed by atoms with Crippen molar-refractivity contribution < 1.29 is 28.6 Å². The molecular formula is C18H18N2O6. The van der Waals surface area contributed by atoms with E-state index in [0.717, 1.165) is 0 Å². The Bertz CT molecular complexity index is 861. The number of hydrogen-bond acceptors (Lipinski definition) is 6. The largest absolute Gasteiger partial charge is 0.486 e. The Labute approximate surface area is 149 Å². The Morgan fingerprint density at radius 2 is 2.00 bits per heavy atom. The van der Waals surface area contributed by atoms with Gasteiger partial charge in [0.2, 0.25) is 0 Å². The molecule has 1 fully saturated rings. The van der Waals surface area contributed by atoms with Crippen molar-refractivity contribution in [2.45, 2.75) is 19.4 Å². The van der Waals surface area contributed by atoms with E-state index in [1.165, 1.54) is 11.3 Å². The molecule has 1 amide bonds. The van der Waals surface area contributed by atoms with Crippen LogP contribution in [0.25, 0.3) is 11.3 Å². The molecule has 0 radical (unpaired) electrons. The number of carboxylic acid groups (broad SMARTS) is 1. The number of fused-ring (bicyclic) bond motifs is 1. The first kappa shape index (κ1) is 16.4. The van der Waals surface area contributed by atoms with Crippen molar-refractivity contribution in [1.29, 1.82) is 0 Å². The number of hydrogen-bond donors (Lipinski definition) is 1. The van der Waals surface area contributed by atoms with E-state index in [4.69, 9.17) is 13.9 Å². The summed E-state index contributed by atoms with van der Waals surface area (Å²) in [5.74, 6) is -0.227. The van der Waals surface area contributed by atoms with Gasteiger partial charge < -0.3 is 23.9 Å². The van der Waals surface area contributed by atoms with E-state index in [9.17, 15) is 14.7 Å². The maximum Gasteiger partial charge on any atom is 0.308 e. The average Bonchev–Trinajstić information content (AvgIpc) is 3.27. The van der Waals surface area contributed by atoms with Crippen LogP contribution in [-0.2, 0) is 4.79 Å². The Balaban J connectivity index is 1.63. The van der Waals surface area contributed by atoms with Crippen LogP contribution in [0.2, 0.25) is 0 Å². The van der Waals surface area contributed by atoms with Gasteiger partial charge in [-0.1, -0.05) is 0 Å². The van der Waals surface area contributed by atoms with Crippen LogP contribution in [0.4, 0.5) is 0 Å². The normalized spacial score (nSPS) is 21.7. The highest BCUT2D eigenvalue weighted by Crippen LogP contribution is 2.36. The maximum absolute atomic E-state index is 12.9. The van der Waals surface area contributed by atoms with Crippen LogP contribution >= 0.6 is 0 Å². The van der Waals surface area contributed by atoms with Crippen LogP contribution in [0.5, 0.6) is 11.5 Å². The summed E-state index contributed by atoms with van der Waals surface area (Å²) in [4.78, 5) is 29.8. The van der Waals surface area contributed by atoms with Crippen molar-refractivity contribution in [3.63, 3.8) is 0 Å². The smallest absolute Gasteiger partial charge is 0.308 e. The van der Waals surface area contributed by atoms with E-state index in [1.54, 1.807) is 25.1 Å². The van der Waals surface area contributed by atoms with Gasteiger partial charge in [-0.2, -0.15) is 0 Å². The summed E-state index contributed by atoms with van der Waals surface area (Å²) in [6.45, 7) is 3.08. The summed E-state index contributed by atoms with van der Waals surface area (Å²) in [5.41, 5.74) is 0.816. The third-order valence-corrected chi connectivity index (χ3v) is 4.91. The van der Waals surface area contributed by atoms with Gasteiger partial charge in [-0.25, -0.2) is 4.98 Å². The van der Waals surface area contributed by atoms with Crippen molar-refractivity contribution in [3.05, 3.63) is 30.3 Å². The van der Waals surface area contributed by atoms with Gasteiger partial charge in [0.05, 0.1) is 5.92 Å². The van der Waals surface area contributed by atoms with Crippen LogP contribution in [-0.4, -0.2) is 52.7 Å². The predicted octanol–water partition coefficient (Wildman–Crippen LogP) is 2.05. The van der Waals surface area contributed by atoms with Crippen molar-refractivity contribution in [3.8, 4) is 22.8 Å². The average molecular weight is 358 g/mol. The zero-order valence-corrected chi connectivity index (χ0v) is 14.2. The number of ether oxygens (including phenoxy) is 2. The second-order valence-corrected chi connectivity index (χ2v) is 6.36. The number of benzene rings is 1. The molecule has 2 aliphatic rings. The molecule has 0 aliphatic carbocycles. The fourth-order valence-electron chi connectivity index (χ4n) is 3.48. The summed E-state index contributed by atoms with van der Waals surface area (Å²) >= 11 is 0. The van der Waals surface area contributed by atoms with Crippen LogP contribution in [0.3, 0.4) is 0 Å². The van der Waals surface area contributed by atoms with Gasteiger partial charge in [0.1, 0.15) is 13.2 Å². The van der Waals surface area contributed by atoms with Crippen LogP contribution in [0.15, 0.2) is 29.0 Å². The van der Waals surface area contributed by atoms with E-state index in [0.29, 0.717) is 49.0 Å². The van der Waals surface area contributed by atoms with Crippen LogP contribution < -0.4 is 9.47 Å². The number of carbonyl (C=O) groups is 2. The van der Waals surface area contributed by atoms with Gasteiger partial charge in [0.15, 0.2) is 29.3 Å². The third-order valence-electron chi connectivity index (χ3n) is 4.91. The molecule has 8 heteroatoms. The number of nitrogens with zero attached hydrogens (tertiary/aromatic N) is 2. The third kappa shape index (κ3) is 2.67. The second kappa shape index (κ2) is 6.36. The molecule has 2 aromatic rings. The van der Waals surface area contributed by atoms with Crippen molar-refractivity contribution in [2.75, 3.05) is 19.8 Å². The van der Waals surface area contributed by atoms with Gasteiger partial charge in [-0.15, -0.1) is 0 Å². The minimum Gasteiger partial charge on any atom is -0.486 e. The number of aliphatic carboxylic acids is 1. The Hall–Kier alpha value is -3.03. The molecule has 4 rings (SSSR count). The molecule has 1 aromatic heterocycles. The molecule has 1 N–H and O–H groups in total. The number of aromatic nitrogens is 1. The van der Waals surface area contributed by atoms with E-state index >= 15 is 0 Å². The number of carbonyl (C=O) groups excluding carboxylic acids is 1. The first-order valence-corrected chi connectivity index (χ1v) is 8.43. The number of rotatable bonds is 3. The highest BCUT2D eigenvalue weighted by atomic mass is 16.6. The lowest BCUT2D eigenvalue weighted by molar-refractivity contribution is -0.142. The molecule has 2 unspecified atom stereocenters. The summed E-state index contributed by atoms with van der Waals surface area (Å²) in [5, 5.41) is 9.26. The quantitative estimate of drug-likeness (QED) is 0.896. The lowest BCUT2D eigenvalue weighted by Gasteiger charge is -2.22. The molecule has 26 heavy (non-hydrogen) atoms. The second-order valence-electron chi connectivity index (χ2n) is 6.36. The molecule has 1 aromatic carbocycles. The molecule has 0 bridgehead atoms. The minimum absolute atomic E-state index is 0.166. The van der Waals surface area contributed by atoms with Crippen LogP contribution in [0.1, 0.15) is 23.8 Å². The first-order valence-electron chi connectivity index (χ1n) is 8.43. The molecule has 8 nitrogen and oxygen atoms in total. The minimum atomic E-state index is -0.889. The lowest BCUT2D eigenvalue weighted by Crippen LogP contribution is -2.38. The standard InChI is InChI=1S/C18H18N2O6/c1-10-12(18(22)23)4-5-20(10)17(21)15-16(26-9-19-15)11-2-3-13-14(8-11)25-7-6-24-13/h2-3,8-10,12H,4-7H2,1H3,(H,22,23). The maximum atomic E-state index is 12.9. The van der Waals surface area contributed by atoms with Gasteiger partial charge in [0, 0.05) is 18.2 Å². The molecule has 1 saturated heterocycles. The summed E-state index contributed by atoms with van der Waals surface area (Å²) in [6.07, 6.45) is 1.65. The van der Waals surface area contributed by atoms with Crippen molar-refractivity contribution in [1.82, 2.24) is 9.88 Å². The lowest BCUT2D eigenvalue weighted by atomic mass is 10.0. The van der Waals surface area contributed by atoms with E-state index in [2.05, 4.69) is 4.98 Å². The van der Waals surface area contributed by atoms with Gasteiger partial charge in [-0.05, 0) is 31.5 Å². The van der Waals surface area contributed by atoms with E-state index in [1.807, 2.05) is 0 Å². The Morgan fingerprint density at radius 1 is 1.23 bits per heavy atom. The molecule has 136 valence electrons. The van der Waals surface area contributed by atoms with E-state index in [-0.39, 0.29) is 11.6 Å². The van der Waals surface area contributed by atoms with Gasteiger partial charge in [0.25, 0.3) is 5.91 Å². The number of oxazole rings is 1. The van der Waals surface area contributed by atoms with Crippen molar-refractivity contribution in [2.24, 2.45) is 5.92 Å². The Morgan fingerprint density at radius 3 is 2.73 bits per heavy atom. The highest BCUT2D eigenvalue weighted by Gasteiger charge is 2.40. The monoisotopic (exact) mass is 358 g/mol. The molecule has 0 spiro atoms. The first-order chi connectivity index (χ1) is 12.6. The van der Waals surface area contributed by atoms with E-state index < -0.39 is 17.9 Å². The number of carboxylic acids is 1. The SMILES string of the molecule is CC1C(C(=O)O)CCN1C(=O)c1ncoc1-c1ccc2c(c1)OCCO2. The molecule has 0 saturated carbocycles. The van der Waals surface area contributed by atoms with Crippen molar-refractivity contribution >= 4 is 11.9 Å². The highest BCUT2D eigenvalue weighted by molar-refractivity contribution is 5.98. The van der Waals surface area contributed by atoms with Gasteiger partial charge in [-0.3, -0.25) is 9.59 Å². The van der Waals surface area contributed by atoms with Gasteiger partial charge >= 0.3 is 5.97 Å². The number of likely N-dealkylation sites (tertiary alicyclic amines) is 1. The van der Waals surface area contributed by atoms with Crippen LogP contribution in [0, 0.1) is 5.92 Å². The zero-order chi connectivity index (χ0) is 18.3. The summed E-state index contributed by atoms with van der Waals surface area (Å²) in [7, 11) is 0. The molecule has 2 atom stereocenters. The summed E-state index contributed by atoms with van der Waals surface area (Å²) in [6, 6.07) is 4.89. The topological polar surface area (TPSA) is 102 Å². The molecule has 3 heterocycles.